The maximum absolute atomic E-state index is 12.9. The maximum atomic E-state index is 12.9. The highest BCUT2D eigenvalue weighted by molar-refractivity contribution is 7.98. The minimum Gasteiger partial charge on any atom is -0.337 e. The Morgan fingerprint density at radius 3 is 2.88 bits per heavy atom. The topological polar surface area (TPSA) is 49.0 Å². The molecule has 2 aromatic rings. The van der Waals surface area contributed by atoms with Gasteiger partial charge in [-0.05, 0) is 36.8 Å². The zero-order chi connectivity index (χ0) is 16.9. The molecule has 24 heavy (non-hydrogen) atoms. The fraction of sp³-hybridized carbons (Fsp3) is 0.474. The lowest BCUT2D eigenvalue weighted by molar-refractivity contribution is 0.0783. The number of amides is 1. The molecule has 0 radical (unpaired) electrons. The summed E-state index contributed by atoms with van der Waals surface area (Å²) >= 11 is 1.72. The van der Waals surface area contributed by atoms with Crippen LogP contribution in [0.1, 0.15) is 59.6 Å². The van der Waals surface area contributed by atoms with Crippen molar-refractivity contribution in [2.75, 3.05) is 13.3 Å². The minimum atomic E-state index is 0.0545. The van der Waals surface area contributed by atoms with Gasteiger partial charge in [-0.1, -0.05) is 31.4 Å². The molecule has 1 fully saturated rings. The molecule has 1 amide bonds. The molecule has 1 aromatic heterocycles. The predicted octanol–water partition coefficient (Wildman–Crippen LogP) is 4.45. The molecular weight excluding hydrogens is 318 g/mol. The molecular formula is C19H25N3OS. The number of hydrogen-bond acceptors (Lipinski definition) is 3. The second kappa shape index (κ2) is 7.88. The van der Waals surface area contributed by atoms with Gasteiger partial charge in [0, 0.05) is 24.4 Å². The lowest BCUT2D eigenvalue weighted by atomic mass is 9.85. The van der Waals surface area contributed by atoms with Crippen LogP contribution in [0.3, 0.4) is 0 Å². The van der Waals surface area contributed by atoms with Gasteiger partial charge in [0.15, 0.2) is 0 Å². The standard InChI is InChI=1S/C19H25N3OS/c1-22(13-14-7-6-10-16(11-14)24-2)19(23)17-12-20-21-18(17)15-8-4-3-5-9-15/h6-7,10-12,15H,3-5,8-9,13H2,1-2H3,(H,20,21). The molecule has 1 saturated carbocycles. The smallest absolute Gasteiger partial charge is 0.257 e. The predicted molar refractivity (Wildman–Crippen MR) is 98.4 cm³/mol. The molecule has 0 unspecified atom stereocenters. The van der Waals surface area contributed by atoms with Gasteiger partial charge in [-0.3, -0.25) is 9.89 Å². The van der Waals surface area contributed by atoms with E-state index in [-0.39, 0.29) is 5.91 Å². The summed E-state index contributed by atoms with van der Waals surface area (Å²) < 4.78 is 0. The Labute approximate surface area is 148 Å². The molecule has 0 atom stereocenters. The van der Waals surface area contributed by atoms with Crippen LogP contribution in [0.5, 0.6) is 0 Å². The molecule has 0 spiro atoms. The summed E-state index contributed by atoms with van der Waals surface area (Å²) in [5.74, 6) is 0.507. The average Bonchev–Trinajstić information content (AvgIpc) is 3.11. The van der Waals surface area contributed by atoms with E-state index in [1.807, 2.05) is 13.1 Å². The number of H-pyrrole nitrogens is 1. The van der Waals surface area contributed by atoms with Crippen molar-refractivity contribution in [3.63, 3.8) is 0 Å². The summed E-state index contributed by atoms with van der Waals surface area (Å²) in [6, 6.07) is 8.35. The Hall–Kier alpha value is -1.75. The van der Waals surface area contributed by atoms with Gasteiger partial charge in [0.05, 0.1) is 17.5 Å². The molecule has 0 aliphatic heterocycles. The van der Waals surface area contributed by atoms with E-state index in [1.165, 1.54) is 24.2 Å². The SMILES string of the molecule is CSc1cccc(CN(C)C(=O)c2cn[nH]c2C2CCCCC2)c1. The van der Waals surface area contributed by atoms with Gasteiger partial charge in [0.25, 0.3) is 5.91 Å². The van der Waals surface area contributed by atoms with Crippen molar-refractivity contribution >= 4 is 17.7 Å². The van der Waals surface area contributed by atoms with Gasteiger partial charge in [-0.15, -0.1) is 11.8 Å². The number of hydrogen-bond donors (Lipinski definition) is 1. The van der Waals surface area contributed by atoms with Crippen molar-refractivity contribution in [3.8, 4) is 0 Å². The Balaban J connectivity index is 1.72. The van der Waals surface area contributed by atoms with E-state index in [0.717, 1.165) is 29.7 Å². The minimum absolute atomic E-state index is 0.0545. The van der Waals surface area contributed by atoms with Crippen LogP contribution < -0.4 is 0 Å². The fourth-order valence-electron chi connectivity index (χ4n) is 3.49. The van der Waals surface area contributed by atoms with Crippen LogP contribution in [0, 0.1) is 0 Å². The summed E-state index contributed by atoms with van der Waals surface area (Å²) in [7, 11) is 1.87. The normalized spacial score (nSPS) is 15.4. The number of aromatic amines is 1. The van der Waals surface area contributed by atoms with Crippen molar-refractivity contribution in [1.29, 1.82) is 0 Å². The second-order valence-corrected chi connectivity index (χ2v) is 7.42. The summed E-state index contributed by atoms with van der Waals surface area (Å²) in [6.07, 6.45) is 9.86. The molecule has 0 saturated heterocycles. The molecule has 0 bridgehead atoms. The highest BCUT2D eigenvalue weighted by Crippen LogP contribution is 2.33. The summed E-state index contributed by atoms with van der Waals surface area (Å²) in [5, 5.41) is 7.25. The number of carbonyl (C=O) groups is 1. The van der Waals surface area contributed by atoms with Crippen molar-refractivity contribution in [1.82, 2.24) is 15.1 Å². The molecule has 4 nitrogen and oxygen atoms in total. The van der Waals surface area contributed by atoms with E-state index >= 15 is 0 Å². The van der Waals surface area contributed by atoms with Gasteiger partial charge in [0.2, 0.25) is 0 Å². The van der Waals surface area contributed by atoms with Crippen LogP contribution in [0.4, 0.5) is 0 Å². The highest BCUT2D eigenvalue weighted by atomic mass is 32.2. The first-order valence-electron chi connectivity index (χ1n) is 8.60. The largest absolute Gasteiger partial charge is 0.337 e. The quantitative estimate of drug-likeness (QED) is 0.816. The molecule has 3 rings (SSSR count). The second-order valence-electron chi connectivity index (χ2n) is 6.55. The van der Waals surface area contributed by atoms with E-state index in [4.69, 9.17) is 0 Å². The lowest BCUT2D eigenvalue weighted by Gasteiger charge is -2.23. The molecule has 128 valence electrons. The maximum Gasteiger partial charge on any atom is 0.257 e. The van der Waals surface area contributed by atoms with Gasteiger partial charge in [0.1, 0.15) is 0 Å². The molecule has 1 heterocycles. The van der Waals surface area contributed by atoms with E-state index in [0.29, 0.717) is 12.5 Å². The highest BCUT2D eigenvalue weighted by Gasteiger charge is 2.25. The van der Waals surface area contributed by atoms with Crippen LogP contribution in [0.15, 0.2) is 35.4 Å². The Morgan fingerprint density at radius 2 is 2.12 bits per heavy atom. The Bertz CT molecular complexity index is 691. The van der Waals surface area contributed by atoms with Crippen LogP contribution >= 0.6 is 11.8 Å². The van der Waals surface area contributed by atoms with E-state index in [9.17, 15) is 4.79 Å². The molecule has 1 aliphatic carbocycles. The van der Waals surface area contributed by atoms with Crippen LogP contribution in [0.25, 0.3) is 0 Å². The van der Waals surface area contributed by atoms with Crippen molar-refractivity contribution in [2.45, 2.75) is 49.5 Å². The van der Waals surface area contributed by atoms with Crippen LogP contribution in [-0.4, -0.2) is 34.3 Å². The zero-order valence-electron chi connectivity index (χ0n) is 14.4. The summed E-state index contributed by atoms with van der Waals surface area (Å²) in [4.78, 5) is 15.9. The van der Waals surface area contributed by atoms with Crippen molar-refractivity contribution < 1.29 is 4.79 Å². The molecule has 1 aliphatic rings. The number of nitrogens with zero attached hydrogens (tertiary/aromatic N) is 2. The Kier molecular flexibility index (Phi) is 5.61. The molecule has 5 heteroatoms. The molecule has 1 aromatic carbocycles. The van der Waals surface area contributed by atoms with E-state index < -0.39 is 0 Å². The van der Waals surface area contributed by atoms with E-state index in [1.54, 1.807) is 22.9 Å². The molecule has 1 N–H and O–H groups in total. The third-order valence-corrected chi connectivity index (χ3v) is 5.54. The number of rotatable bonds is 5. The summed E-state index contributed by atoms with van der Waals surface area (Å²) in [5.41, 5.74) is 2.93. The monoisotopic (exact) mass is 343 g/mol. The summed E-state index contributed by atoms with van der Waals surface area (Å²) in [6.45, 7) is 0.614. The number of benzene rings is 1. The first kappa shape index (κ1) is 17.1. The average molecular weight is 343 g/mol. The number of nitrogens with one attached hydrogen (secondary N) is 1. The van der Waals surface area contributed by atoms with Gasteiger partial charge in [-0.25, -0.2) is 0 Å². The van der Waals surface area contributed by atoms with Gasteiger partial charge in [-0.2, -0.15) is 5.10 Å². The third kappa shape index (κ3) is 3.83. The van der Waals surface area contributed by atoms with Crippen LogP contribution in [-0.2, 0) is 6.54 Å². The van der Waals surface area contributed by atoms with Gasteiger partial charge < -0.3 is 4.90 Å². The Morgan fingerprint density at radius 1 is 1.33 bits per heavy atom. The van der Waals surface area contributed by atoms with Crippen molar-refractivity contribution in [3.05, 3.63) is 47.3 Å². The van der Waals surface area contributed by atoms with Gasteiger partial charge >= 0.3 is 0 Å². The van der Waals surface area contributed by atoms with E-state index in [2.05, 4.69) is 34.7 Å². The zero-order valence-corrected chi connectivity index (χ0v) is 15.2. The van der Waals surface area contributed by atoms with Crippen LogP contribution in [0.2, 0.25) is 0 Å². The number of aromatic nitrogens is 2. The first-order valence-corrected chi connectivity index (χ1v) is 9.83. The van der Waals surface area contributed by atoms with Crippen molar-refractivity contribution in [2.24, 2.45) is 0 Å². The lowest BCUT2D eigenvalue weighted by Crippen LogP contribution is -2.27. The number of carbonyl (C=O) groups excluding carboxylic acids is 1. The fourth-order valence-corrected chi connectivity index (χ4v) is 3.98. The number of thioether (sulfide) groups is 1. The third-order valence-electron chi connectivity index (χ3n) is 4.81. The first-order chi connectivity index (χ1) is 11.7.